The maximum Gasteiger partial charge on any atom is 0.143 e. The van der Waals surface area contributed by atoms with E-state index in [1.807, 2.05) is 12.1 Å². The van der Waals surface area contributed by atoms with Crippen LogP contribution >= 0.6 is 11.6 Å². The van der Waals surface area contributed by atoms with Gasteiger partial charge in [0.1, 0.15) is 12.4 Å². The van der Waals surface area contributed by atoms with Gasteiger partial charge in [0.15, 0.2) is 0 Å². The highest BCUT2D eigenvalue weighted by Gasteiger charge is 2.07. The number of hydrogen-bond acceptors (Lipinski definition) is 3. The van der Waals surface area contributed by atoms with E-state index in [1.165, 1.54) is 0 Å². The van der Waals surface area contributed by atoms with Gasteiger partial charge in [-0.1, -0.05) is 35.9 Å². The van der Waals surface area contributed by atoms with Gasteiger partial charge in [0, 0.05) is 5.56 Å². The maximum absolute atomic E-state index is 9.23. The summed E-state index contributed by atoms with van der Waals surface area (Å²) in [5.74, 6) is 0.496. The molecule has 0 unspecified atom stereocenters. The molecule has 0 radical (unpaired) electrons. The first-order chi connectivity index (χ1) is 9.24. The minimum Gasteiger partial charge on any atom is -0.487 e. The van der Waals surface area contributed by atoms with E-state index in [0.717, 1.165) is 5.56 Å². The fourth-order valence-electron chi connectivity index (χ4n) is 1.67. The highest BCUT2D eigenvalue weighted by atomic mass is 35.5. The van der Waals surface area contributed by atoms with Crippen LogP contribution in [0.2, 0.25) is 5.02 Å². The van der Waals surface area contributed by atoms with E-state index < -0.39 is 0 Å². The summed E-state index contributed by atoms with van der Waals surface area (Å²) in [6, 6.07) is 14.4. The molecule has 96 valence electrons. The third-order valence-corrected chi connectivity index (χ3v) is 2.98. The Morgan fingerprint density at radius 1 is 1.16 bits per heavy atom. The summed E-state index contributed by atoms with van der Waals surface area (Å²) in [4.78, 5) is 0. The van der Waals surface area contributed by atoms with Crippen LogP contribution in [0.25, 0.3) is 0 Å². The third kappa shape index (κ3) is 3.25. The highest BCUT2D eigenvalue weighted by molar-refractivity contribution is 6.32. The normalized spacial score (nSPS) is 9.95. The van der Waals surface area contributed by atoms with Crippen molar-refractivity contribution in [3.8, 4) is 11.8 Å². The number of benzene rings is 2. The van der Waals surface area contributed by atoms with Gasteiger partial charge < -0.3 is 9.84 Å². The van der Waals surface area contributed by atoms with Crippen molar-refractivity contribution >= 4 is 11.6 Å². The molecule has 3 nitrogen and oxygen atoms in total. The van der Waals surface area contributed by atoms with E-state index in [2.05, 4.69) is 6.07 Å². The first kappa shape index (κ1) is 13.4. The Morgan fingerprint density at radius 2 is 1.89 bits per heavy atom. The van der Waals surface area contributed by atoms with Gasteiger partial charge in [0.05, 0.1) is 23.3 Å². The minimum atomic E-state index is -0.122. The second-order valence-corrected chi connectivity index (χ2v) is 4.39. The van der Waals surface area contributed by atoms with Crippen molar-refractivity contribution in [2.75, 3.05) is 0 Å². The lowest BCUT2D eigenvalue weighted by Gasteiger charge is -2.11. The molecule has 0 saturated heterocycles. The van der Waals surface area contributed by atoms with Crippen LogP contribution in [0, 0.1) is 11.3 Å². The Balaban J connectivity index is 2.12. The predicted octanol–water partition coefficient (Wildman–Crippen LogP) is 3.28. The van der Waals surface area contributed by atoms with Crippen LogP contribution in [0.4, 0.5) is 0 Å². The lowest BCUT2D eigenvalue weighted by atomic mass is 10.1. The molecular formula is C15H12ClNO2. The van der Waals surface area contributed by atoms with E-state index in [4.69, 9.17) is 21.6 Å². The number of nitrogens with zero attached hydrogens (tertiary/aromatic N) is 1. The Kier molecular flexibility index (Phi) is 4.40. The standard InChI is InChI=1S/C15H12ClNO2/c16-14-3-1-2-13(9-18)15(14)19-10-12-6-4-11(8-17)5-7-12/h1-7,18H,9-10H2. The van der Waals surface area contributed by atoms with Gasteiger partial charge in [-0.15, -0.1) is 0 Å². The molecular weight excluding hydrogens is 262 g/mol. The fraction of sp³-hybridized carbons (Fsp3) is 0.133. The summed E-state index contributed by atoms with van der Waals surface area (Å²) in [5, 5.41) is 18.4. The quantitative estimate of drug-likeness (QED) is 0.930. The van der Waals surface area contributed by atoms with Gasteiger partial charge in [-0.25, -0.2) is 0 Å². The summed E-state index contributed by atoms with van der Waals surface area (Å²) in [5.41, 5.74) is 2.20. The Bertz CT molecular complexity index is 603. The van der Waals surface area contributed by atoms with Crippen molar-refractivity contribution in [2.45, 2.75) is 13.2 Å². The molecule has 0 aliphatic rings. The summed E-state index contributed by atoms with van der Waals surface area (Å²) >= 11 is 6.04. The van der Waals surface area contributed by atoms with Crippen LogP contribution in [-0.4, -0.2) is 5.11 Å². The smallest absolute Gasteiger partial charge is 0.143 e. The van der Waals surface area contributed by atoms with Crippen molar-refractivity contribution in [2.24, 2.45) is 0 Å². The van der Waals surface area contributed by atoms with E-state index in [-0.39, 0.29) is 6.61 Å². The van der Waals surface area contributed by atoms with Crippen LogP contribution in [0.3, 0.4) is 0 Å². The largest absolute Gasteiger partial charge is 0.487 e. The average molecular weight is 274 g/mol. The molecule has 0 spiro atoms. The zero-order chi connectivity index (χ0) is 13.7. The first-order valence-corrected chi connectivity index (χ1v) is 6.12. The van der Waals surface area contributed by atoms with Gasteiger partial charge in [-0.3, -0.25) is 0 Å². The number of para-hydroxylation sites is 1. The monoisotopic (exact) mass is 273 g/mol. The number of ether oxygens (including phenoxy) is 1. The van der Waals surface area contributed by atoms with E-state index in [0.29, 0.717) is 28.5 Å². The lowest BCUT2D eigenvalue weighted by Crippen LogP contribution is -1.99. The van der Waals surface area contributed by atoms with Gasteiger partial charge >= 0.3 is 0 Å². The van der Waals surface area contributed by atoms with Crippen LogP contribution in [-0.2, 0) is 13.2 Å². The Labute approximate surface area is 116 Å². The van der Waals surface area contributed by atoms with Gasteiger partial charge in [0.2, 0.25) is 0 Å². The molecule has 2 rings (SSSR count). The second-order valence-electron chi connectivity index (χ2n) is 3.98. The Morgan fingerprint density at radius 3 is 2.53 bits per heavy atom. The molecule has 1 N–H and O–H groups in total. The number of aliphatic hydroxyl groups excluding tert-OH is 1. The van der Waals surface area contributed by atoms with Crippen LogP contribution in [0.1, 0.15) is 16.7 Å². The molecule has 4 heteroatoms. The van der Waals surface area contributed by atoms with Crippen molar-refractivity contribution < 1.29 is 9.84 Å². The topological polar surface area (TPSA) is 53.2 Å². The fourth-order valence-corrected chi connectivity index (χ4v) is 1.92. The van der Waals surface area contributed by atoms with Crippen molar-refractivity contribution in [1.29, 1.82) is 5.26 Å². The first-order valence-electron chi connectivity index (χ1n) is 5.74. The number of halogens is 1. The van der Waals surface area contributed by atoms with E-state index in [9.17, 15) is 5.11 Å². The zero-order valence-electron chi connectivity index (χ0n) is 10.1. The molecule has 0 fully saturated rings. The average Bonchev–Trinajstić information content (AvgIpc) is 2.46. The van der Waals surface area contributed by atoms with Crippen LogP contribution < -0.4 is 4.74 Å². The molecule has 0 aliphatic carbocycles. The summed E-state index contributed by atoms with van der Waals surface area (Å²) < 4.78 is 5.64. The summed E-state index contributed by atoms with van der Waals surface area (Å²) in [6.45, 7) is 0.214. The number of rotatable bonds is 4. The maximum atomic E-state index is 9.23. The molecule has 0 amide bonds. The summed E-state index contributed by atoms with van der Waals surface area (Å²) in [6.07, 6.45) is 0. The molecule has 2 aromatic rings. The summed E-state index contributed by atoms with van der Waals surface area (Å²) in [7, 11) is 0. The number of hydrogen-bond donors (Lipinski definition) is 1. The lowest BCUT2D eigenvalue weighted by molar-refractivity contribution is 0.259. The van der Waals surface area contributed by atoms with Crippen LogP contribution in [0.15, 0.2) is 42.5 Å². The number of aliphatic hydroxyl groups is 1. The molecule has 0 saturated carbocycles. The zero-order valence-corrected chi connectivity index (χ0v) is 10.9. The molecule has 0 heterocycles. The molecule has 19 heavy (non-hydrogen) atoms. The molecule has 0 atom stereocenters. The van der Waals surface area contributed by atoms with Gasteiger partial charge in [-0.2, -0.15) is 5.26 Å². The second kappa shape index (κ2) is 6.24. The predicted molar refractivity (Wildman–Crippen MR) is 72.9 cm³/mol. The molecule has 0 bridgehead atoms. The molecule has 0 aliphatic heterocycles. The third-order valence-electron chi connectivity index (χ3n) is 2.69. The molecule has 2 aromatic carbocycles. The van der Waals surface area contributed by atoms with Crippen molar-refractivity contribution in [3.05, 3.63) is 64.2 Å². The molecule has 0 aromatic heterocycles. The van der Waals surface area contributed by atoms with E-state index in [1.54, 1.807) is 30.3 Å². The highest BCUT2D eigenvalue weighted by Crippen LogP contribution is 2.29. The van der Waals surface area contributed by atoms with Gasteiger partial charge in [-0.05, 0) is 23.8 Å². The Hall–Kier alpha value is -2.02. The minimum absolute atomic E-state index is 0.122. The van der Waals surface area contributed by atoms with Gasteiger partial charge in [0.25, 0.3) is 0 Å². The number of nitriles is 1. The van der Waals surface area contributed by atoms with Crippen molar-refractivity contribution in [1.82, 2.24) is 0 Å². The SMILES string of the molecule is N#Cc1ccc(COc2c(Cl)cccc2CO)cc1. The van der Waals surface area contributed by atoms with Crippen LogP contribution in [0.5, 0.6) is 5.75 Å². The van der Waals surface area contributed by atoms with E-state index >= 15 is 0 Å². The van der Waals surface area contributed by atoms with Crippen molar-refractivity contribution in [3.63, 3.8) is 0 Å².